The summed E-state index contributed by atoms with van der Waals surface area (Å²) in [4.78, 5) is 0. The molecule has 0 aromatic heterocycles. The maximum atomic E-state index is 9.15. The van der Waals surface area contributed by atoms with Crippen LogP contribution < -0.4 is 24.8 Å². The van der Waals surface area contributed by atoms with E-state index in [0.29, 0.717) is 12.3 Å². The van der Waals surface area contributed by atoms with Gasteiger partial charge in [0.1, 0.15) is 12.3 Å². The summed E-state index contributed by atoms with van der Waals surface area (Å²) >= 11 is 0. The van der Waals surface area contributed by atoms with Crippen LogP contribution in [0.25, 0.3) is 0 Å². The Balaban J connectivity index is -0.00000112. The van der Waals surface area contributed by atoms with Crippen LogP contribution in [0, 0.1) is 0 Å². The van der Waals surface area contributed by atoms with Crippen molar-refractivity contribution in [2.24, 2.45) is 0 Å². The zero-order chi connectivity index (χ0) is 12.7. The van der Waals surface area contributed by atoms with Crippen LogP contribution in [0.4, 0.5) is 0 Å². The molecule has 0 heterocycles. The van der Waals surface area contributed by atoms with Gasteiger partial charge in [0.05, 0.1) is 14.5 Å². The third kappa shape index (κ3) is 6.58. The van der Waals surface area contributed by atoms with Gasteiger partial charge in [0, 0.05) is 0 Å². The van der Waals surface area contributed by atoms with E-state index < -0.39 is 14.5 Å². The summed E-state index contributed by atoms with van der Waals surface area (Å²) in [6, 6.07) is 0. The van der Waals surface area contributed by atoms with E-state index in [1.165, 1.54) is 0 Å². The molecule has 0 unspecified atom stereocenters. The molecule has 114 valence electrons. The second-order valence-electron chi connectivity index (χ2n) is 3.98. The van der Waals surface area contributed by atoms with Gasteiger partial charge in [-0.05, 0) is 0 Å². The molecule has 0 spiro atoms. The lowest BCUT2D eigenvalue weighted by Gasteiger charge is -2.24. The van der Waals surface area contributed by atoms with Crippen LogP contribution in [0.1, 0.15) is 0 Å². The zero-order valence-electron chi connectivity index (χ0n) is 9.99. The van der Waals surface area contributed by atoms with E-state index in [1.54, 1.807) is 0 Å². The Morgan fingerprint density at radius 3 is 0.722 bits per heavy atom. The Labute approximate surface area is 121 Å². The Morgan fingerprint density at radius 1 is 0.444 bits per heavy atom. The van der Waals surface area contributed by atoms with Gasteiger partial charge in [-0.2, -0.15) is 0 Å². The third-order valence-electron chi connectivity index (χ3n) is 2.85. The summed E-state index contributed by atoms with van der Waals surface area (Å²) in [5.74, 6) is 0. The predicted octanol–water partition coefficient (Wildman–Crippen LogP) is -7.27. The molecule has 0 radical (unpaired) electrons. The second-order valence-corrected chi connectivity index (χ2v) is 11.9. The Hall–Kier alpha value is 1.20. The number of hydrogen-bond acceptors (Lipinski definition) is 6. The molecule has 0 saturated heterocycles. The summed E-state index contributed by atoms with van der Waals surface area (Å²) in [7, 11) is -4.43. The highest BCUT2D eigenvalue weighted by molar-refractivity contribution is 7.79. The summed E-state index contributed by atoms with van der Waals surface area (Å²) in [5.41, 5.74) is 0. The summed E-state index contributed by atoms with van der Waals surface area (Å²) in [6.07, 6.45) is -0.836. The van der Waals surface area contributed by atoms with Gasteiger partial charge < -0.3 is 55.5 Å². The lowest BCUT2D eigenvalue weighted by Crippen LogP contribution is -3.00. The lowest BCUT2D eigenvalue weighted by molar-refractivity contribution is -0.001000. The van der Waals surface area contributed by atoms with Crippen molar-refractivity contribution >= 4 is 14.5 Å². The molecule has 0 amide bonds. The fraction of sp³-hybridized carbons (Fsp3) is 1.00. The first-order valence-electron chi connectivity index (χ1n) is 4.93. The Kier molecular flexibility index (Phi) is 16.1. The largest absolute Gasteiger partial charge is 1.00 e. The van der Waals surface area contributed by atoms with E-state index in [9.17, 15) is 0 Å². The average Bonchev–Trinajstić information content (AvgIpc) is 2.37. The van der Waals surface area contributed by atoms with Gasteiger partial charge in [-0.1, -0.05) is 0 Å². The van der Waals surface area contributed by atoms with Crippen LogP contribution in [-0.4, -0.2) is 81.1 Å². The van der Waals surface area contributed by atoms with Crippen molar-refractivity contribution in [3.8, 4) is 0 Å². The van der Waals surface area contributed by atoms with Crippen molar-refractivity contribution in [3.63, 3.8) is 0 Å². The predicted molar refractivity (Wildman–Crippen MR) is 66.1 cm³/mol. The van der Waals surface area contributed by atoms with Crippen molar-refractivity contribution in [1.82, 2.24) is 0 Å². The molecule has 0 bridgehead atoms. The maximum Gasteiger partial charge on any atom is 0.158 e. The van der Waals surface area contributed by atoms with Gasteiger partial charge in [0.25, 0.3) is 0 Å². The standard InChI is InChI=1S/C8H22O6P2.2ClH/c9-3-15(4-10,5-11)1-2-16(6-12,7-13)8-14;;/h9-14H,1-8H2;2*1H/q+2;;/p-2. The summed E-state index contributed by atoms with van der Waals surface area (Å²) < 4.78 is 0. The van der Waals surface area contributed by atoms with Crippen molar-refractivity contribution in [2.75, 3.05) is 50.4 Å². The van der Waals surface area contributed by atoms with Gasteiger partial charge in [-0.15, -0.1) is 0 Å². The van der Waals surface area contributed by atoms with Crippen molar-refractivity contribution in [2.45, 2.75) is 0 Å². The highest BCUT2D eigenvalue weighted by atomic mass is 35.5. The van der Waals surface area contributed by atoms with Crippen molar-refractivity contribution in [3.05, 3.63) is 0 Å². The minimum absolute atomic E-state index is 0. The molecule has 0 aliphatic heterocycles. The van der Waals surface area contributed by atoms with E-state index in [-0.39, 0.29) is 62.9 Å². The molecule has 6 nitrogen and oxygen atoms in total. The summed E-state index contributed by atoms with van der Waals surface area (Å²) in [6.45, 7) is 0. The van der Waals surface area contributed by atoms with Gasteiger partial charge in [0.15, 0.2) is 38.1 Å². The number of halogens is 2. The molecule has 0 atom stereocenters. The fourth-order valence-electron chi connectivity index (χ4n) is 1.12. The molecule has 0 saturated carbocycles. The number of rotatable bonds is 9. The number of hydrogen-bond donors (Lipinski definition) is 6. The van der Waals surface area contributed by atoms with Crippen LogP contribution in [0.5, 0.6) is 0 Å². The maximum absolute atomic E-state index is 9.15. The number of aliphatic hydroxyl groups is 6. The average molecular weight is 347 g/mol. The molecule has 0 fully saturated rings. The van der Waals surface area contributed by atoms with E-state index in [4.69, 9.17) is 30.6 Å². The van der Waals surface area contributed by atoms with Crippen LogP contribution in [0.2, 0.25) is 0 Å². The molecule has 0 aromatic carbocycles. The van der Waals surface area contributed by atoms with E-state index in [0.717, 1.165) is 0 Å². The first kappa shape index (κ1) is 24.2. The van der Waals surface area contributed by atoms with Crippen molar-refractivity contribution in [1.29, 1.82) is 0 Å². The van der Waals surface area contributed by atoms with Gasteiger partial charge in [0.2, 0.25) is 0 Å². The molecule has 0 aliphatic rings. The van der Waals surface area contributed by atoms with Gasteiger partial charge in [-0.25, -0.2) is 0 Å². The van der Waals surface area contributed by atoms with Crippen LogP contribution in [0.15, 0.2) is 0 Å². The normalized spacial score (nSPS) is 11.7. The topological polar surface area (TPSA) is 121 Å². The highest BCUT2D eigenvalue weighted by Crippen LogP contribution is 2.63. The first-order valence-corrected chi connectivity index (χ1v) is 9.99. The molecule has 0 rings (SSSR count). The van der Waals surface area contributed by atoms with Crippen molar-refractivity contribution < 1.29 is 55.5 Å². The highest BCUT2D eigenvalue weighted by Gasteiger charge is 2.43. The summed E-state index contributed by atoms with van der Waals surface area (Å²) in [5, 5.41) is 54.9. The molecule has 6 N–H and O–H groups in total. The molecule has 10 heteroatoms. The van der Waals surface area contributed by atoms with E-state index in [2.05, 4.69) is 0 Å². The SMILES string of the molecule is OC[P+](CO)(CO)CC[P+](CO)(CO)CO.[Cl-].[Cl-]. The van der Waals surface area contributed by atoms with Gasteiger partial charge in [-0.3, -0.25) is 0 Å². The van der Waals surface area contributed by atoms with Crippen LogP contribution in [0.3, 0.4) is 0 Å². The van der Waals surface area contributed by atoms with Gasteiger partial charge >= 0.3 is 0 Å². The fourth-order valence-corrected chi connectivity index (χ4v) is 5.90. The minimum atomic E-state index is -2.21. The second kappa shape index (κ2) is 12.0. The van der Waals surface area contributed by atoms with E-state index >= 15 is 0 Å². The zero-order valence-corrected chi connectivity index (χ0v) is 13.3. The molecular weight excluding hydrogens is 325 g/mol. The molecule has 0 aromatic rings. The first-order chi connectivity index (χ1) is 7.57. The minimum Gasteiger partial charge on any atom is -1.00 e. The smallest absolute Gasteiger partial charge is 0.158 e. The molecule has 18 heavy (non-hydrogen) atoms. The van der Waals surface area contributed by atoms with E-state index in [1.807, 2.05) is 0 Å². The quantitative estimate of drug-likeness (QED) is 0.231. The molecular formula is C8H22Cl2O6P2. The van der Waals surface area contributed by atoms with Crippen LogP contribution in [-0.2, 0) is 0 Å². The Bertz CT molecular complexity index is 156. The third-order valence-corrected chi connectivity index (χ3v) is 9.15. The molecule has 0 aliphatic carbocycles. The Morgan fingerprint density at radius 2 is 0.611 bits per heavy atom. The lowest BCUT2D eigenvalue weighted by atomic mass is 11.0. The van der Waals surface area contributed by atoms with Crippen LogP contribution >= 0.6 is 14.5 Å². The number of aliphatic hydroxyl groups excluding tert-OH is 6. The monoisotopic (exact) mass is 346 g/mol.